The van der Waals surface area contributed by atoms with Crippen LogP contribution >= 0.6 is 0 Å². The Morgan fingerprint density at radius 1 is 1.62 bits per heavy atom. The van der Waals surface area contributed by atoms with E-state index in [4.69, 9.17) is 4.74 Å². The zero-order chi connectivity index (χ0) is 11.6. The maximum atomic E-state index is 13.6. The standard InChI is InChI=1S/C12H17FN2O/c1-3-12(2)9-15(7-8-16-12)11-10(13)5-4-6-14-11/h4-6H,3,7-9H2,1-2H3. The molecule has 1 fully saturated rings. The minimum Gasteiger partial charge on any atom is -0.372 e. The Balaban J connectivity index is 2.19. The Morgan fingerprint density at radius 2 is 2.44 bits per heavy atom. The molecule has 1 unspecified atom stereocenters. The second-order valence-corrected chi connectivity index (χ2v) is 4.38. The third kappa shape index (κ3) is 2.16. The van der Waals surface area contributed by atoms with Crippen molar-refractivity contribution in [2.24, 2.45) is 0 Å². The predicted octanol–water partition coefficient (Wildman–Crippen LogP) is 2.23. The van der Waals surface area contributed by atoms with E-state index < -0.39 is 0 Å². The third-order valence-corrected chi connectivity index (χ3v) is 3.12. The fourth-order valence-corrected chi connectivity index (χ4v) is 1.94. The fraction of sp³-hybridized carbons (Fsp3) is 0.583. The van der Waals surface area contributed by atoms with Gasteiger partial charge in [-0.15, -0.1) is 0 Å². The van der Waals surface area contributed by atoms with Gasteiger partial charge >= 0.3 is 0 Å². The zero-order valence-electron chi connectivity index (χ0n) is 9.74. The van der Waals surface area contributed by atoms with Gasteiger partial charge in [0.2, 0.25) is 0 Å². The molecule has 16 heavy (non-hydrogen) atoms. The van der Waals surface area contributed by atoms with Gasteiger partial charge in [0.25, 0.3) is 0 Å². The molecule has 0 N–H and O–H groups in total. The summed E-state index contributed by atoms with van der Waals surface area (Å²) in [6.07, 6.45) is 2.54. The molecule has 1 aliphatic heterocycles. The molecule has 0 radical (unpaired) electrons. The average Bonchev–Trinajstić information content (AvgIpc) is 2.30. The van der Waals surface area contributed by atoms with Crippen LogP contribution in [0.25, 0.3) is 0 Å². The van der Waals surface area contributed by atoms with Crippen molar-refractivity contribution < 1.29 is 9.13 Å². The van der Waals surface area contributed by atoms with Crippen LogP contribution in [-0.4, -0.2) is 30.3 Å². The molecule has 2 heterocycles. The lowest BCUT2D eigenvalue weighted by Gasteiger charge is -2.40. The van der Waals surface area contributed by atoms with Crippen LogP contribution in [0.15, 0.2) is 18.3 Å². The van der Waals surface area contributed by atoms with Gasteiger partial charge in [0.15, 0.2) is 11.6 Å². The van der Waals surface area contributed by atoms with E-state index in [2.05, 4.69) is 18.8 Å². The molecule has 1 saturated heterocycles. The van der Waals surface area contributed by atoms with E-state index in [0.29, 0.717) is 25.5 Å². The van der Waals surface area contributed by atoms with Crippen molar-refractivity contribution in [3.8, 4) is 0 Å². The highest BCUT2D eigenvalue weighted by atomic mass is 19.1. The van der Waals surface area contributed by atoms with Gasteiger partial charge in [0.1, 0.15) is 0 Å². The summed E-state index contributed by atoms with van der Waals surface area (Å²) in [4.78, 5) is 6.06. The molecule has 1 aromatic rings. The van der Waals surface area contributed by atoms with E-state index in [1.165, 1.54) is 6.07 Å². The maximum Gasteiger partial charge on any atom is 0.165 e. The average molecular weight is 224 g/mol. The van der Waals surface area contributed by atoms with E-state index in [1.807, 2.05) is 4.90 Å². The number of pyridine rings is 1. The van der Waals surface area contributed by atoms with E-state index in [-0.39, 0.29) is 11.4 Å². The normalized spacial score (nSPS) is 25.8. The molecular weight excluding hydrogens is 207 g/mol. The highest BCUT2D eigenvalue weighted by molar-refractivity contribution is 5.40. The van der Waals surface area contributed by atoms with E-state index >= 15 is 0 Å². The molecule has 2 rings (SSSR count). The van der Waals surface area contributed by atoms with Gasteiger partial charge in [-0.05, 0) is 25.5 Å². The van der Waals surface area contributed by atoms with Crippen LogP contribution in [0.4, 0.5) is 10.2 Å². The maximum absolute atomic E-state index is 13.6. The van der Waals surface area contributed by atoms with Crippen molar-refractivity contribution in [1.82, 2.24) is 4.98 Å². The minimum atomic E-state index is -0.261. The van der Waals surface area contributed by atoms with Crippen molar-refractivity contribution in [2.75, 3.05) is 24.6 Å². The molecule has 1 aliphatic rings. The molecule has 1 aromatic heterocycles. The largest absolute Gasteiger partial charge is 0.372 e. The minimum absolute atomic E-state index is 0.192. The smallest absolute Gasteiger partial charge is 0.165 e. The summed E-state index contributed by atoms with van der Waals surface area (Å²) in [6, 6.07) is 3.05. The van der Waals surface area contributed by atoms with Gasteiger partial charge in [0, 0.05) is 19.3 Å². The molecule has 0 amide bonds. The van der Waals surface area contributed by atoms with Gasteiger partial charge in [-0.25, -0.2) is 9.37 Å². The molecule has 88 valence electrons. The Hall–Kier alpha value is -1.16. The third-order valence-electron chi connectivity index (χ3n) is 3.12. The van der Waals surface area contributed by atoms with Gasteiger partial charge in [-0.3, -0.25) is 0 Å². The number of hydrogen-bond acceptors (Lipinski definition) is 3. The molecule has 0 saturated carbocycles. The van der Waals surface area contributed by atoms with Gasteiger partial charge in [-0.1, -0.05) is 6.92 Å². The van der Waals surface area contributed by atoms with Gasteiger partial charge in [-0.2, -0.15) is 0 Å². The van der Waals surface area contributed by atoms with E-state index in [1.54, 1.807) is 12.3 Å². The highest BCUT2D eigenvalue weighted by Crippen LogP contribution is 2.25. The number of hydrogen-bond donors (Lipinski definition) is 0. The molecule has 4 heteroatoms. The SMILES string of the molecule is CCC1(C)CN(c2ncccc2F)CCO1. The Labute approximate surface area is 95.2 Å². The van der Waals surface area contributed by atoms with Crippen molar-refractivity contribution >= 4 is 5.82 Å². The molecule has 0 bridgehead atoms. The monoisotopic (exact) mass is 224 g/mol. The quantitative estimate of drug-likeness (QED) is 0.770. The van der Waals surface area contributed by atoms with Crippen LogP contribution in [0.2, 0.25) is 0 Å². The van der Waals surface area contributed by atoms with Gasteiger partial charge in [0.05, 0.1) is 12.2 Å². The number of halogens is 1. The van der Waals surface area contributed by atoms with Crippen LogP contribution in [-0.2, 0) is 4.74 Å². The number of anilines is 1. The predicted molar refractivity (Wildman–Crippen MR) is 61.1 cm³/mol. The van der Waals surface area contributed by atoms with Crippen LogP contribution < -0.4 is 4.90 Å². The molecule has 0 aliphatic carbocycles. The Bertz CT molecular complexity index is 372. The summed E-state index contributed by atoms with van der Waals surface area (Å²) in [7, 11) is 0. The lowest BCUT2D eigenvalue weighted by Crippen LogP contribution is -2.50. The first-order valence-corrected chi connectivity index (χ1v) is 5.64. The summed E-state index contributed by atoms with van der Waals surface area (Å²) < 4.78 is 19.3. The Kier molecular flexibility index (Phi) is 3.10. The first kappa shape index (κ1) is 11.3. The zero-order valence-corrected chi connectivity index (χ0v) is 9.74. The van der Waals surface area contributed by atoms with Crippen molar-refractivity contribution in [2.45, 2.75) is 25.9 Å². The lowest BCUT2D eigenvalue weighted by molar-refractivity contribution is -0.0444. The lowest BCUT2D eigenvalue weighted by atomic mass is 10.0. The molecule has 3 nitrogen and oxygen atoms in total. The van der Waals surface area contributed by atoms with Crippen LogP contribution in [0.5, 0.6) is 0 Å². The van der Waals surface area contributed by atoms with E-state index in [9.17, 15) is 4.39 Å². The summed E-state index contributed by atoms with van der Waals surface area (Å²) in [5.41, 5.74) is -0.192. The first-order chi connectivity index (χ1) is 7.64. The summed E-state index contributed by atoms with van der Waals surface area (Å²) in [6.45, 7) is 6.15. The Morgan fingerprint density at radius 3 is 3.12 bits per heavy atom. The number of aromatic nitrogens is 1. The van der Waals surface area contributed by atoms with Gasteiger partial charge < -0.3 is 9.64 Å². The number of ether oxygens (including phenoxy) is 1. The molecule has 0 spiro atoms. The second kappa shape index (κ2) is 4.37. The second-order valence-electron chi connectivity index (χ2n) is 4.38. The number of rotatable bonds is 2. The molecular formula is C12H17FN2O. The fourth-order valence-electron chi connectivity index (χ4n) is 1.94. The van der Waals surface area contributed by atoms with Crippen LogP contribution in [0.1, 0.15) is 20.3 Å². The number of morpholine rings is 1. The van der Waals surface area contributed by atoms with E-state index in [0.717, 1.165) is 6.42 Å². The van der Waals surface area contributed by atoms with Crippen LogP contribution in [0, 0.1) is 5.82 Å². The summed E-state index contributed by atoms with van der Waals surface area (Å²) >= 11 is 0. The highest BCUT2D eigenvalue weighted by Gasteiger charge is 2.31. The van der Waals surface area contributed by atoms with Crippen molar-refractivity contribution in [3.05, 3.63) is 24.1 Å². The van der Waals surface area contributed by atoms with Crippen LogP contribution in [0.3, 0.4) is 0 Å². The first-order valence-electron chi connectivity index (χ1n) is 5.64. The summed E-state index contributed by atoms with van der Waals surface area (Å²) in [5, 5.41) is 0. The summed E-state index contributed by atoms with van der Waals surface area (Å²) in [5.74, 6) is 0.174. The van der Waals surface area contributed by atoms with Crippen molar-refractivity contribution in [1.29, 1.82) is 0 Å². The topological polar surface area (TPSA) is 25.4 Å². The molecule has 0 aromatic carbocycles. The molecule has 1 atom stereocenters. The van der Waals surface area contributed by atoms with Crippen molar-refractivity contribution in [3.63, 3.8) is 0 Å². The number of nitrogens with zero attached hydrogens (tertiary/aromatic N) is 2.